The molecule has 1 aromatic rings. The van der Waals surface area contributed by atoms with E-state index in [9.17, 15) is 0 Å². The Morgan fingerprint density at radius 2 is 1.89 bits per heavy atom. The first-order valence-electron chi connectivity index (χ1n) is 7.48. The van der Waals surface area contributed by atoms with E-state index < -0.39 is 0 Å². The minimum absolute atomic E-state index is 0.318. The van der Waals surface area contributed by atoms with E-state index in [4.69, 9.17) is 0 Å². The Hall–Kier alpha value is -0.860. The van der Waals surface area contributed by atoms with Crippen molar-refractivity contribution in [2.75, 3.05) is 13.1 Å². The summed E-state index contributed by atoms with van der Waals surface area (Å²) >= 11 is 0. The first-order chi connectivity index (χ1) is 8.97. The van der Waals surface area contributed by atoms with Gasteiger partial charge in [-0.15, -0.1) is 0 Å². The van der Waals surface area contributed by atoms with Crippen molar-refractivity contribution in [2.45, 2.75) is 52.7 Å². The molecule has 1 aromatic carbocycles. The Bertz CT molecular complexity index is 380. The van der Waals surface area contributed by atoms with Crippen molar-refractivity contribution in [3.63, 3.8) is 0 Å². The maximum absolute atomic E-state index is 3.73. The van der Waals surface area contributed by atoms with Gasteiger partial charge >= 0.3 is 0 Å². The van der Waals surface area contributed by atoms with Crippen molar-refractivity contribution in [1.29, 1.82) is 0 Å². The highest BCUT2D eigenvalue weighted by molar-refractivity contribution is 5.14. The molecule has 1 saturated heterocycles. The van der Waals surface area contributed by atoms with Crippen molar-refractivity contribution in [3.8, 4) is 0 Å². The van der Waals surface area contributed by atoms with Gasteiger partial charge in [0.2, 0.25) is 0 Å². The molecule has 0 amide bonds. The van der Waals surface area contributed by atoms with Gasteiger partial charge in [-0.2, -0.15) is 0 Å². The minimum Gasteiger partial charge on any atom is -0.312 e. The maximum atomic E-state index is 3.73. The molecule has 0 spiro atoms. The lowest BCUT2D eigenvalue weighted by atomic mass is 9.86. The third-order valence-corrected chi connectivity index (χ3v) is 4.27. The summed E-state index contributed by atoms with van der Waals surface area (Å²) in [4.78, 5) is 2.63. The highest BCUT2D eigenvalue weighted by Crippen LogP contribution is 2.24. The minimum atomic E-state index is 0.318. The normalized spacial score (nSPS) is 26.1. The molecule has 0 aromatic heterocycles. The molecular formula is C17H28N2. The van der Waals surface area contributed by atoms with Crippen LogP contribution in [0.4, 0.5) is 0 Å². The zero-order valence-corrected chi connectivity index (χ0v) is 12.8. The molecular weight excluding hydrogens is 232 g/mol. The molecule has 1 aliphatic rings. The molecule has 2 nitrogen and oxygen atoms in total. The van der Waals surface area contributed by atoms with Crippen LogP contribution in [0, 0.1) is 5.41 Å². The molecule has 0 saturated carbocycles. The molecule has 19 heavy (non-hydrogen) atoms. The summed E-state index contributed by atoms with van der Waals surface area (Å²) in [5.74, 6) is 0. The van der Waals surface area contributed by atoms with Gasteiger partial charge in [0.1, 0.15) is 0 Å². The topological polar surface area (TPSA) is 15.3 Å². The second kappa shape index (κ2) is 6.06. The van der Waals surface area contributed by atoms with Gasteiger partial charge in [0.25, 0.3) is 0 Å². The summed E-state index contributed by atoms with van der Waals surface area (Å²) in [5.41, 5.74) is 1.74. The van der Waals surface area contributed by atoms with Crippen LogP contribution in [0.1, 0.15) is 39.7 Å². The number of hydrogen-bond donors (Lipinski definition) is 1. The van der Waals surface area contributed by atoms with Crippen LogP contribution in [0.2, 0.25) is 0 Å². The Balaban J connectivity index is 2.08. The van der Waals surface area contributed by atoms with Crippen LogP contribution in [-0.4, -0.2) is 30.1 Å². The summed E-state index contributed by atoms with van der Waals surface area (Å²) < 4.78 is 0. The van der Waals surface area contributed by atoms with E-state index in [1.807, 2.05) is 0 Å². The van der Waals surface area contributed by atoms with Crippen molar-refractivity contribution in [3.05, 3.63) is 35.9 Å². The third-order valence-electron chi connectivity index (χ3n) is 4.27. The zero-order valence-electron chi connectivity index (χ0n) is 12.8. The fourth-order valence-corrected chi connectivity index (χ4v) is 2.75. The van der Waals surface area contributed by atoms with E-state index in [1.165, 1.54) is 12.0 Å². The third kappa shape index (κ3) is 4.05. The molecule has 0 radical (unpaired) electrons. The average Bonchev–Trinajstić information content (AvgIpc) is 2.53. The van der Waals surface area contributed by atoms with E-state index >= 15 is 0 Å². The van der Waals surface area contributed by atoms with Crippen molar-refractivity contribution in [2.24, 2.45) is 5.41 Å². The molecule has 2 rings (SSSR count). The lowest BCUT2D eigenvalue weighted by molar-refractivity contribution is 0.157. The summed E-state index contributed by atoms with van der Waals surface area (Å²) in [5, 5.41) is 3.73. The van der Waals surface area contributed by atoms with E-state index in [-0.39, 0.29) is 0 Å². The van der Waals surface area contributed by atoms with Gasteiger partial charge in [-0.1, -0.05) is 51.1 Å². The standard InChI is InChI=1S/C17H28N2/c1-14-10-11-18-16(17(2,3)4)13-19(14)12-15-8-6-5-7-9-15/h5-9,14,16,18H,10-13H2,1-4H3. The molecule has 2 heteroatoms. The predicted molar refractivity (Wildman–Crippen MR) is 82.2 cm³/mol. The first-order valence-corrected chi connectivity index (χ1v) is 7.48. The van der Waals surface area contributed by atoms with Crippen LogP contribution in [-0.2, 0) is 6.54 Å². The first kappa shape index (κ1) is 14.5. The number of nitrogens with one attached hydrogen (secondary N) is 1. The molecule has 1 aliphatic heterocycles. The molecule has 1 heterocycles. The fraction of sp³-hybridized carbons (Fsp3) is 0.647. The van der Waals surface area contributed by atoms with Crippen LogP contribution in [0.5, 0.6) is 0 Å². The van der Waals surface area contributed by atoms with Gasteiger partial charge in [-0.25, -0.2) is 0 Å². The van der Waals surface area contributed by atoms with Gasteiger partial charge in [-0.3, -0.25) is 4.90 Å². The summed E-state index contributed by atoms with van der Waals surface area (Å²) in [6.45, 7) is 12.7. The fourth-order valence-electron chi connectivity index (χ4n) is 2.75. The number of hydrogen-bond acceptors (Lipinski definition) is 2. The van der Waals surface area contributed by atoms with Crippen LogP contribution < -0.4 is 5.32 Å². The van der Waals surface area contributed by atoms with E-state index in [0.29, 0.717) is 17.5 Å². The SMILES string of the molecule is CC1CCNC(C(C)(C)C)CN1Cc1ccccc1. The highest BCUT2D eigenvalue weighted by atomic mass is 15.2. The van der Waals surface area contributed by atoms with Crippen molar-refractivity contribution < 1.29 is 0 Å². The maximum Gasteiger partial charge on any atom is 0.0243 e. The smallest absolute Gasteiger partial charge is 0.0243 e. The van der Waals surface area contributed by atoms with Gasteiger partial charge < -0.3 is 5.32 Å². The Labute approximate surface area is 118 Å². The molecule has 106 valence electrons. The monoisotopic (exact) mass is 260 g/mol. The molecule has 0 bridgehead atoms. The van der Waals surface area contributed by atoms with E-state index in [1.54, 1.807) is 0 Å². The lowest BCUT2D eigenvalue weighted by Crippen LogP contribution is -2.47. The van der Waals surface area contributed by atoms with Crippen LogP contribution >= 0.6 is 0 Å². The van der Waals surface area contributed by atoms with Gasteiger partial charge in [0.05, 0.1) is 0 Å². The van der Waals surface area contributed by atoms with Gasteiger partial charge in [0.15, 0.2) is 0 Å². The van der Waals surface area contributed by atoms with Crippen LogP contribution in [0.3, 0.4) is 0 Å². The zero-order chi connectivity index (χ0) is 13.9. The summed E-state index contributed by atoms with van der Waals surface area (Å²) in [6, 6.07) is 12.1. The Kier molecular flexibility index (Phi) is 4.64. The molecule has 2 unspecified atom stereocenters. The van der Waals surface area contributed by atoms with Crippen molar-refractivity contribution >= 4 is 0 Å². The molecule has 1 N–H and O–H groups in total. The van der Waals surface area contributed by atoms with Crippen LogP contribution in [0.25, 0.3) is 0 Å². The van der Waals surface area contributed by atoms with E-state index in [2.05, 4.69) is 68.2 Å². The Morgan fingerprint density at radius 1 is 1.21 bits per heavy atom. The van der Waals surface area contributed by atoms with Gasteiger partial charge in [0, 0.05) is 25.2 Å². The molecule has 2 atom stereocenters. The van der Waals surface area contributed by atoms with Crippen molar-refractivity contribution in [1.82, 2.24) is 10.2 Å². The summed E-state index contributed by atoms with van der Waals surface area (Å²) in [7, 11) is 0. The van der Waals surface area contributed by atoms with Gasteiger partial charge in [-0.05, 0) is 30.9 Å². The lowest BCUT2D eigenvalue weighted by Gasteiger charge is -2.35. The largest absolute Gasteiger partial charge is 0.312 e. The second-order valence-corrected chi connectivity index (χ2v) is 6.93. The van der Waals surface area contributed by atoms with Crippen LogP contribution in [0.15, 0.2) is 30.3 Å². The predicted octanol–water partition coefficient (Wildman–Crippen LogP) is 3.29. The quantitative estimate of drug-likeness (QED) is 0.878. The number of nitrogens with zero attached hydrogens (tertiary/aromatic N) is 1. The Morgan fingerprint density at radius 3 is 2.53 bits per heavy atom. The average molecular weight is 260 g/mol. The summed E-state index contributed by atoms with van der Waals surface area (Å²) in [6.07, 6.45) is 1.24. The molecule has 0 aliphatic carbocycles. The number of rotatable bonds is 2. The van der Waals surface area contributed by atoms with E-state index in [0.717, 1.165) is 19.6 Å². The second-order valence-electron chi connectivity index (χ2n) is 6.93. The highest BCUT2D eigenvalue weighted by Gasteiger charge is 2.30. The molecule has 1 fully saturated rings. The number of benzene rings is 1.